The van der Waals surface area contributed by atoms with E-state index >= 15 is 0 Å². The minimum Gasteiger partial charge on any atom is -0.494 e. The van der Waals surface area contributed by atoms with E-state index in [9.17, 15) is 18.0 Å². The van der Waals surface area contributed by atoms with Crippen LogP contribution in [0.25, 0.3) is 0 Å². The summed E-state index contributed by atoms with van der Waals surface area (Å²) < 4.78 is 34.6. The van der Waals surface area contributed by atoms with Gasteiger partial charge >= 0.3 is 0 Å². The molecule has 0 aliphatic carbocycles. The Balaban J connectivity index is 2.03. The summed E-state index contributed by atoms with van der Waals surface area (Å²) in [5, 5.41) is 2.85. The topological polar surface area (TPSA) is 96.0 Å². The Morgan fingerprint density at radius 2 is 1.68 bits per heavy atom. The molecule has 0 saturated carbocycles. The molecular weight excluding hydrogens is 558 g/mol. The zero-order chi connectivity index (χ0) is 30.0. The fourth-order valence-electron chi connectivity index (χ4n) is 4.26. The highest BCUT2D eigenvalue weighted by Gasteiger charge is 2.32. The zero-order valence-corrected chi connectivity index (χ0v) is 25.9. The second-order valence-corrected chi connectivity index (χ2v) is 12.3. The third-order valence-electron chi connectivity index (χ3n) is 6.51. The molecule has 0 heterocycles. The number of sulfonamides is 1. The van der Waals surface area contributed by atoms with Crippen LogP contribution in [0.1, 0.15) is 38.3 Å². The monoisotopic (exact) mass is 597 g/mol. The van der Waals surface area contributed by atoms with Crippen LogP contribution in [0.3, 0.4) is 0 Å². The highest BCUT2D eigenvalue weighted by molar-refractivity contribution is 7.98. The molecule has 0 unspecified atom stereocenters. The lowest BCUT2D eigenvalue weighted by Crippen LogP contribution is -2.51. The first-order chi connectivity index (χ1) is 19.6. The second kappa shape index (κ2) is 14.9. The van der Waals surface area contributed by atoms with E-state index in [1.807, 2.05) is 51.3 Å². The minimum absolute atomic E-state index is 0.0657. The summed E-state index contributed by atoms with van der Waals surface area (Å²) in [5.74, 6) is -0.202. The molecule has 0 aliphatic heterocycles. The Labute approximate surface area is 248 Å². The summed E-state index contributed by atoms with van der Waals surface area (Å²) in [4.78, 5) is 29.4. The summed E-state index contributed by atoms with van der Waals surface area (Å²) in [6.45, 7) is 8.04. The van der Waals surface area contributed by atoms with Crippen LogP contribution >= 0.6 is 11.8 Å². The first-order valence-corrected chi connectivity index (χ1v) is 16.3. The normalized spacial score (nSPS) is 11.9. The number of amides is 2. The Morgan fingerprint density at radius 3 is 2.27 bits per heavy atom. The van der Waals surface area contributed by atoms with Gasteiger partial charge in [-0.3, -0.25) is 13.9 Å². The highest BCUT2D eigenvalue weighted by atomic mass is 32.2. The van der Waals surface area contributed by atoms with Crippen molar-refractivity contribution in [1.29, 1.82) is 0 Å². The second-order valence-electron chi connectivity index (χ2n) is 9.59. The Morgan fingerprint density at radius 1 is 1.00 bits per heavy atom. The number of hydrogen-bond acceptors (Lipinski definition) is 6. The van der Waals surface area contributed by atoms with Crippen LogP contribution in [-0.2, 0) is 26.2 Å². The van der Waals surface area contributed by atoms with Crippen LogP contribution in [0.5, 0.6) is 5.75 Å². The quantitative estimate of drug-likeness (QED) is 0.255. The van der Waals surface area contributed by atoms with Crippen molar-refractivity contribution in [2.24, 2.45) is 0 Å². The highest BCUT2D eigenvalue weighted by Crippen LogP contribution is 2.28. The number of ether oxygens (including phenoxy) is 1. The minimum atomic E-state index is -4.14. The smallest absolute Gasteiger partial charge is 0.264 e. The van der Waals surface area contributed by atoms with Crippen LogP contribution < -0.4 is 14.4 Å². The molecule has 8 nitrogen and oxygen atoms in total. The Hall–Kier alpha value is -3.50. The van der Waals surface area contributed by atoms with E-state index in [0.29, 0.717) is 24.6 Å². The number of aryl methyl sites for hydroxylation is 1. The number of carbonyl (C=O) groups is 2. The predicted octanol–water partition coefficient (Wildman–Crippen LogP) is 5.25. The summed E-state index contributed by atoms with van der Waals surface area (Å²) >= 11 is 1.51. The number of carbonyl (C=O) groups excluding carboxylic acids is 2. The van der Waals surface area contributed by atoms with Crippen molar-refractivity contribution in [2.75, 3.05) is 30.3 Å². The number of nitrogens with zero attached hydrogens (tertiary/aromatic N) is 2. The molecule has 3 aromatic carbocycles. The van der Waals surface area contributed by atoms with Gasteiger partial charge in [0.2, 0.25) is 11.8 Å². The predicted molar refractivity (Wildman–Crippen MR) is 165 cm³/mol. The van der Waals surface area contributed by atoms with Crippen LogP contribution in [0.15, 0.2) is 82.6 Å². The Bertz CT molecular complexity index is 1410. The average Bonchev–Trinajstić information content (AvgIpc) is 2.97. The first kappa shape index (κ1) is 32.0. The molecule has 0 aliphatic rings. The number of benzene rings is 3. The third kappa shape index (κ3) is 8.50. The third-order valence-corrected chi connectivity index (χ3v) is 9.05. The number of hydrogen-bond donors (Lipinski definition) is 1. The van der Waals surface area contributed by atoms with Gasteiger partial charge in [0.25, 0.3) is 10.0 Å². The van der Waals surface area contributed by atoms with Gasteiger partial charge in [-0.15, -0.1) is 11.8 Å². The van der Waals surface area contributed by atoms with Crippen LogP contribution in [0, 0.1) is 6.92 Å². The van der Waals surface area contributed by atoms with Crippen LogP contribution in [-0.4, -0.2) is 57.1 Å². The van der Waals surface area contributed by atoms with Gasteiger partial charge in [0.15, 0.2) is 0 Å². The van der Waals surface area contributed by atoms with Gasteiger partial charge in [-0.2, -0.15) is 0 Å². The molecule has 0 bridgehead atoms. The van der Waals surface area contributed by atoms with Crippen molar-refractivity contribution < 1.29 is 22.7 Å². The Kier molecular flexibility index (Phi) is 11.7. The largest absolute Gasteiger partial charge is 0.494 e. The van der Waals surface area contributed by atoms with Gasteiger partial charge in [0, 0.05) is 18.0 Å². The average molecular weight is 598 g/mol. The van der Waals surface area contributed by atoms with E-state index < -0.39 is 28.5 Å². The maximum absolute atomic E-state index is 14.0. The first-order valence-electron chi connectivity index (χ1n) is 13.6. The molecule has 220 valence electrons. The molecule has 2 amide bonds. The van der Waals surface area contributed by atoms with E-state index in [1.54, 1.807) is 55.5 Å². The molecule has 0 fully saturated rings. The molecule has 0 aromatic heterocycles. The van der Waals surface area contributed by atoms with E-state index in [2.05, 4.69) is 5.32 Å². The van der Waals surface area contributed by atoms with Crippen molar-refractivity contribution >= 4 is 39.3 Å². The van der Waals surface area contributed by atoms with Gasteiger partial charge in [0.05, 0.1) is 17.2 Å². The molecule has 41 heavy (non-hydrogen) atoms. The summed E-state index contributed by atoms with van der Waals surface area (Å²) in [6, 6.07) is 20.0. The summed E-state index contributed by atoms with van der Waals surface area (Å²) in [6.07, 6.45) is 2.67. The van der Waals surface area contributed by atoms with Crippen molar-refractivity contribution in [3.63, 3.8) is 0 Å². The molecule has 0 radical (unpaired) electrons. The fourth-order valence-corrected chi connectivity index (χ4v) is 6.09. The van der Waals surface area contributed by atoms with Crippen molar-refractivity contribution in [2.45, 2.75) is 56.5 Å². The van der Waals surface area contributed by atoms with Crippen molar-refractivity contribution in [3.8, 4) is 5.75 Å². The standard InChI is InChI=1S/C31H39N3O5S2/c1-6-19-32-31(36)24(4)33(21-25-10-8-9-23(3)20-25)30(35)22-34(26-11-13-27(14-12-26)39-7-2)41(37,38)29-17-15-28(40-5)16-18-29/h8-18,20,24H,6-7,19,21-22H2,1-5H3,(H,32,36)/t24-/m1/s1. The van der Waals surface area contributed by atoms with Crippen molar-refractivity contribution in [3.05, 3.63) is 83.9 Å². The number of anilines is 1. The van der Waals surface area contributed by atoms with E-state index in [-0.39, 0.29) is 17.3 Å². The number of rotatable bonds is 14. The molecule has 1 N–H and O–H groups in total. The molecule has 0 saturated heterocycles. The van der Waals surface area contributed by atoms with E-state index in [4.69, 9.17) is 4.74 Å². The summed E-state index contributed by atoms with van der Waals surface area (Å²) in [7, 11) is -4.14. The van der Waals surface area contributed by atoms with Crippen LogP contribution in [0.4, 0.5) is 5.69 Å². The molecule has 10 heteroatoms. The number of nitrogens with one attached hydrogen (secondary N) is 1. The lowest BCUT2D eigenvalue weighted by molar-refractivity contribution is -0.139. The fraction of sp³-hybridized carbons (Fsp3) is 0.355. The van der Waals surface area contributed by atoms with E-state index in [1.165, 1.54) is 16.7 Å². The summed E-state index contributed by atoms with van der Waals surface area (Å²) in [5.41, 5.74) is 2.18. The zero-order valence-electron chi connectivity index (χ0n) is 24.3. The maximum Gasteiger partial charge on any atom is 0.264 e. The lowest BCUT2D eigenvalue weighted by atomic mass is 10.1. The molecule has 3 aromatic rings. The number of thioether (sulfide) groups is 1. The SMILES string of the molecule is CCCNC(=O)[C@@H](C)N(Cc1cccc(C)c1)C(=O)CN(c1ccc(OCC)cc1)S(=O)(=O)c1ccc(SC)cc1. The van der Waals surface area contributed by atoms with Gasteiger partial charge in [-0.05, 0) is 87.5 Å². The van der Waals surface area contributed by atoms with Gasteiger partial charge < -0.3 is 15.0 Å². The van der Waals surface area contributed by atoms with Crippen LogP contribution in [0.2, 0.25) is 0 Å². The van der Waals surface area contributed by atoms with E-state index in [0.717, 1.165) is 26.7 Å². The molecule has 0 spiro atoms. The van der Waals surface area contributed by atoms with Gasteiger partial charge in [-0.25, -0.2) is 8.42 Å². The molecule has 3 rings (SSSR count). The molecule has 1 atom stereocenters. The van der Waals surface area contributed by atoms with Gasteiger partial charge in [0.1, 0.15) is 18.3 Å². The van der Waals surface area contributed by atoms with Crippen molar-refractivity contribution in [1.82, 2.24) is 10.2 Å². The van der Waals surface area contributed by atoms with Gasteiger partial charge in [-0.1, -0.05) is 36.8 Å². The lowest BCUT2D eigenvalue weighted by Gasteiger charge is -2.32. The molecular formula is C31H39N3O5S2. The maximum atomic E-state index is 14.0.